The number of likely N-dealkylation sites (tertiary alicyclic amines) is 1. The Morgan fingerprint density at radius 2 is 1.47 bits per heavy atom. The summed E-state index contributed by atoms with van der Waals surface area (Å²) in [6.07, 6.45) is -6.97. The van der Waals surface area contributed by atoms with E-state index >= 15 is 0 Å². The van der Waals surface area contributed by atoms with Gasteiger partial charge in [0.1, 0.15) is 16.8 Å². The molecule has 2 fully saturated rings. The van der Waals surface area contributed by atoms with Crippen molar-refractivity contribution < 1.29 is 35.9 Å². The SMILES string of the molecule is CN(c1nc2ccccc2o1)[C@@H]1CCN(C(=O)c2ccccc2OC(F)(F)C(F)F)C1.CN(c1nc2ccccc2o1)[C@@H]1CCNC1. The van der Waals surface area contributed by atoms with Gasteiger partial charge in [0.2, 0.25) is 0 Å². The Kier molecular flexibility index (Phi) is 9.21. The van der Waals surface area contributed by atoms with Gasteiger partial charge >= 0.3 is 12.5 Å². The smallest absolute Gasteiger partial charge is 0.427 e. The number of amides is 1. The molecule has 0 aliphatic carbocycles. The highest BCUT2D eigenvalue weighted by Crippen LogP contribution is 2.32. The van der Waals surface area contributed by atoms with Gasteiger partial charge in [0.05, 0.1) is 11.6 Å². The number of fused-ring (bicyclic) bond motifs is 2. The largest absolute Gasteiger partial charge is 0.461 e. The molecule has 7 rings (SSSR count). The highest BCUT2D eigenvalue weighted by molar-refractivity contribution is 5.97. The zero-order valence-electron chi connectivity index (χ0n) is 25.8. The number of anilines is 2. The second-order valence-electron chi connectivity index (χ2n) is 11.5. The molecule has 0 spiro atoms. The molecule has 1 amide bonds. The van der Waals surface area contributed by atoms with E-state index in [2.05, 4.69) is 24.9 Å². The average molecular weight is 655 g/mol. The van der Waals surface area contributed by atoms with E-state index in [4.69, 9.17) is 8.83 Å². The van der Waals surface area contributed by atoms with Crippen LogP contribution in [0.25, 0.3) is 22.2 Å². The number of hydrogen-bond acceptors (Lipinski definition) is 9. The summed E-state index contributed by atoms with van der Waals surface area (Å²) >= 11 is 0. The summed E-state index contributed by atoms with van der Waals surface area (Å²) in [6.45, 7) is 2.73. The lowest BCUT2D eigenvalue weighted by atomic mass is 10.1. The Morgan fingerprint density at radius 3 is 2.04 bits per heavy atom. The molecule has 0 bridgehead atoms. The van der Waals surface area contributed by atoms with Crippen molar-refractivity contribution in [1.29, 1.82) is 0 Å². The fourth-order valence-corrected chi connectivity index (χ4v) is 5.64. The molecule has 2 saturated heterocycles. The minimum absolute atomic E-state index is 0.118. The molecular weight excluding hydrogens is 620 g/mol. The first-order chi connectivity index (χ1) is 22.6. The number of ether oxygens (including phenoxy) is 1. The number of nitrogens with one attached hydrogen (secondary N) is 1. The Morgan fingerprint density at radius 1 is 0.894 bits per heavy atom. The van der Waals surface area contributed by atoms with E-state index in [1.54, 1.807) is 13.1 Å². The molecular formula is C33H34F4N6O4. The monoisotopic (exact) mass is 654 g/mol. The molecule has 0 radical (unpaired) electrons. The van der Waals surface area contributed by atoms with E-state index < -0.39 is 24.2 Å². The molecule has 2 aliphatic rings. The molecule has 10 nitrogen and oxygen atoms in total. The number of aromatic nitrogens is 2. The molecule has 0 saturated carbocycles. The van der Waals surface area contributed by atoms with Crippen LogP contribution in [0.4, 0.5) is 29.6 Å². The molecule has 1 N–H and O–H groups in total. The first kappa shape index (κ1) is 32.1. The molecule has 2 atom stereocenters. The first-order valence-corrected chi connectivity index (χ1v) is 15.2. The molecule has 2 aliphatic heterocycles. The first-order valence-electron chi connectivity index (χ1n) is 15.2. The van der Waals surface area contributed by atoms with Gasteiger partial charge in [-0.05, 0) is 55.8 Å². The number of carbonyl (C=O) groups is 1. The minimum atomic E-state index is -4.70. The van der Waals surface area contributed by atoms with E-state index in [0.29, 0.717) is 36.1 Å². The number of hydrogen-bond donors (Lipinski definition) is 1. The van der Waals surface area contributed by atoms with E-state index in [-0.39, 0.29) is 18.2 Å². The van der Waals surface area contributed by atoms with E-state index in [1.807, 2.05) is 54.4 Å². The van der Waals surface area contributed by atoms with Gasteiger partial charge in [0, 0.05) is 39.8 Å². The number of para-hydroxylation sites is 5. The topological polar surface area (TPSA) is 100 Å². The predicted molar refractivity (Wildman–Crippen MR) is 168 cm³/mol. The number of benzene rings is 3. The van der Waals surface area contributed by atoms with Gasteiger partial charge in [-0.1, -0.05) is 36.4 Å². The standard InChI is InChI=1S/C21H19F4N3O3.C12H15N3O/c1-27(20-26-15-7-3-5-9-17(15)30-20)13-10-11-28(12-13)18(29)14-6-2-4-8-16(14)31-21(24,25)19(22)23;1-15(9-6-7-13-8-9)12-14-10-4-2-3-5-11(10)16-12/h2-9,13,19H,10-12H2,1H3;2-5,9,13H,6-8H2,1H3/t13-;9-/m11/s1. The summed E-state index contributed by atoms with van der Waals surface area (Å²) in [6, 6.07) is 21.8. The number of likely N-dealkylation sites (N-methyl/N-ethyl adjacent to an activating group) is 2. The van der Waals surface area contributed by atoms with Gasteiger partial charge < -0.3 is 33.6 Å². The molecule has 47 heavy (non-hydrogen) atoms. The second kappa shape index (κ2) is 13.5. The van der Waals surface area contributed by atoms with Crippen LogP contribution in [-0.4, -0.2) is 85.7 Å². The van der Waals surface area contributed by atoms with Gasteiger partial charge in [-0.25, -0.2) is 0 Å². The molecule has 14 heteroatoms. The highest BCUT2D eigenvalue weighted by atomic mass is 19.3. The van der Waals surface area contributed by atoms with Crippen LogP contribution in [0.2, 0.25) is 0 Å². The van der Waals surface area contributed by atoms with Crippen molar-refractivity contribution in [1.82, 2.24) is 20.2 Å². The molecule has 248 valence electrons. The number of carbonyl (C=O) groups excluding carboxylic acids is 1. The fraction of sp³-hybridized carbons (Fsp3) is 0.364. The van der Waals surface area contributed by atoms with Crippen molar-refractivity contribution in [2.75, 3.05) is 50.1 Å². The van der Waals surface area contributed by atoms with Crippen molar-refractivity contribution in [3.05, 3.63) is 78.4 Å². The summed E-state index contributed by atoms with van der Waals surface area (Å²) in [5, 5.41) is 3.35. The van der Waals surface area contributed by atoms with E-state index in [9.17, 15) is 22.4 Å². The maximum atomic E-state index is 13.4. The minimum Gasteiger partial charge on any atom is -0.427 e. The fourth-order valence-electron chi connectivity index (χ4n) is 5.64. The number of alkyl halides is 4. The third-order valence-corrected chi connectivity index (χ3v) is 8.37. The van der Waals surface area contributed by atoms with E-state index in [1.165, 1.54) is 23.1 Å². The summed E-state index contributed by atoms with van der Waals surface area (Å²) in [7, 11) is 3.84. The summed E-state index contributed by atoms with van der Waals surface area (Å²) in [5.41, 5.74) is 2.93. The van der Waals surface area contributed by atoms with Gasteiger partial charge in [-0.2, -0.15) is 27.5 Å². The van der Waals surface area contributed by atoms with Crippen molar-refractivity contribution in [2.45, 2.75) is 37.5 Å². The Labute approximate surface area is 267 Å². The lowest BCUT2D eigenvalue weighted by Gasteiger charge is -2.24. The van der Waals surface area contributed by atoms with E-state index in [0.717, 1.165) is 42.7 Å². The zero-order valence-corrected chi connectivity index (χ0v) is 25.8. The maximum Gasteiger partial charge on any atom is 0.461 e. The predicted octanol–water partition coefficient (Wildman–Crippen LogP) is 6.04. The lowest BCUT2D eigenvalue weighted by Crippen LogP contribution is -2.37. The molecule has 2 aromatic heterocycles. The van der Waals surface area contributed by atoms with Gasteiger partial charge in [-0.15, -0.1) is 0 Å². The van der Waals surface area contributed by atoms with Crippen LogP contribution in [0.15, 0.2) is 81.6 Å². The quantitative estimate of drug-likeness (QED) is 0.201. The normalized spacial score (nSPS) is 18.1. The third kappa shape index (κ3) is 6.97. The second-order valence-corrected chi connectivity index (χ2v) is 11.5. The summed E-state index contributed by atoms with van der Waals surface area (Å²) in [4.78, 5) is 27.3. The van der Waals surface area contributed by atoms with Crippen LogP contribution in [0, 0.1) is 0 Å². The number of halogens is 4. The van der Waals surface area contributed by atoms with Gasteiger partial charge in [-0.3, -0.25) is 4.79 Å². The zero-order chi connectivity index (χ0) is 33.1. The lowest BCUT2D eigenvalue weighted by molar-refractivity contribution is -0.253. The third-order valence-electron chi connectivity index (χ3n) is 8.37. The van der Waals surface area contributed by atoms with Crippen molar-refractivity contribution >= 4 is 40.1 Å². The van der Waals surface area contributed by atoms with Crippen LogP contribution in [0.1, 0.15) is 23.2 Å². The van der Waals surface area contributed by atoms with Crippen LogP contribution >= 0.6 is 0 Å². The molecule has 4 heterocycles. The Bertz CT molecular complexity index is 1760. The highest BCUT2D eigenvalue weighted by Gasteiger charge is 2.45. The van der Waals surface area contributed by atoms with Crippen molar-refractivity contribution in [3.8, 4) is 5.75 Å². The van der Waals surface area contributed by atoms with Crippen LogP contribution < -0.4 is 19.9 Å². The van der Waals surface area contributed by atoms with Crippen LogP contribution in [0.3, 0.4) is 0 Å². The number of oxazole rings is 2. The van der Waals surface area contributed by atoms with Crippen molar-refractivity contribution in [3.63, 3.8) is 0 Å². The maximum absolute atomic E-state index is 13.4. The molecule has 5 aromatic rings. The number of nitrogens with zero attached hydrogens (tertiary/aromatic N) is 5. The summed E-state index contributed by atoms with van der Waals surface area (Å²) < 4.78 is 67.5. The van der Waals surface area contributed by atoms with Crippen LogP contribution in [-0.2, 0) is 0 Å². The summed E-state index contributed by atoms with van der Waals surface area (Å²) in [5.74, 6) is -1.16. The van der Waals surface area contributed by atoms with Gasteiger partial charge in [0.25, 0.3) is 17.9 Å². The van der Waals surface area contributed by atoms with Crippen LogP contribution in [0.5, 0.6) is 5.75 Å². The van der Waals surface area contributed by atoms with Gasteiger partial charge in [0.15, 0.2) is 11.2 Å². The Hall–Kier alpha value is -4.85. The molecule has 3 aromatic carbocycles. The Balaban J connectivity index is 0.000000201. The molecule has 0 unspecified atom stereocenters. The average Bonchev–Trinajstić information content (AvgIpc) is 3.90. The number of rotatable bonds is 8. The van der Waals surface area contributed by atoms with Crippen molar-refractivity contribution in [2.24, 2.45) is 0 Å².